The summed E-state index contributed by atoms with van der Waals surface area (Å²) in [4.78, 5) is 30.2. The molecule has 94 valence electrons. The summed E-state index contributed by atoms with van der Waals surface area (Å²) in [6.45, 7) is 1.18. The highest BCUT2D eigenvalue weighted by molar-refractivity contribution is 5.69. The molecular weight excluding hydrogens is 244 g/mol. The highest BCUT2D eigenvalue weighted by Crippen LogP contribution is 2.25. The molecule has 1 aromatic rings. The molecule has 1 rings (SSSR count). The maximum Gasteiger partial charge on any atom is 0.307 e. The highest BCUT2D eigenvalue weighted by Gasteiger charge is 2.17. The first-order chi connectivity index (χ1) is 8.41. The second kappa shape index (κ2) is 5.53. The Morgan fingerprint density at radius 2 is 1.94 bits per heavy atom. The number of carbonyl (C=O) groups is 1. The van der Waals surface area contributed by atoms with Crippen molar-refractivity contribution < 1.29 is 19.4 Å². The minimum absolute atomic E-state index is 0.104. The van der Waals surface area contributed by atoms with E-state index in [9.17, 15) is 25.0 Å². The molecule has 0 fully saturated rings. The van der Waals surface area contributed by atoms with E-state index in [0.29, 0.717) is 0 Å². The Kier molecular flexibility index (Phi) is 4.08. The zero-order valence-corrected chi connectivity index (χ0v) is 9.23. The van der Waals surface area contributed by atoms with Crippen LogP contribution in [0.1, 0.15) is 12.5 Å². The van der Waals surface area contributed by atoms with Crippen LogP contribution >= 0.6 is 0 Å². The van der Waals surface area contributed by atoms with Crippen LogP contribution in [-0.2, 0) is 9.53 Å². The number of ether oxygens (including phenoxy) is 1. The van der Waals surface area contributed by atoms with E-state index in [1.807, 2.05) is 0 Å². The van der Waals surface area contributed by atoms with Crippen molar-refractivity contribution in [1.82, 2.24) is 0 Å². The largest absolute Gasteiger partial charge is 0.435 e. The van der Waals surface area contributed by atoms with Crippen LogP contribution < -0.4 is 0 Å². The van der Waals surface area contributed by atoms with E-state index in [0.717, 1.165) is 18.4 Å². The molecule has 18 heavy (non-hydrogen) atoms. The number of nitro benzene ring substituents is 2. The molecule has 0 amide bonds. The van der Waals surface area contributed by atoms with Gasteiger partial charge in [0, 0.05) is 13.0 Å². The number of non-ortho nitro benzene ring substituents is 1. The molecule has 0 heterocycles. The third-order valence-corrected chi connectivity index (χ3v) is 1.90. The third-order valence-electron chi connectivity index (χ3n) is 1.90. The van der Waals surface area contributed by atoms with Crippen molar-refractivity contribution in [3.8, 4) is 0 Å². The first-order valence-corrected chi connectivity index (χ1v) is 4.68. The van der Waals surface area contributed by atoms with Gasteiger partial charge in [0.2, 0.25) is 0 Å². The Balaban J connectivity index is 3.12. The van der Waals surface area contributed by atoms with Gasteiger partial charge in [0.15, 0.2) is 0 Å². The molecule has 0 N–H and O–H groups in total. The molecule has 0 unspecified atom stereocenters. The first kappa shape index (κ1) is 13.3. The summed E-state index contributed by atoms with van der Waals surface area (Å²) in [5.41, 5.74) is -0.717. The van der Waals surface area contributed by atoms with Crippen LogP contribution in [0.2, 0.25) is 0 Å². The van der Waals surface area contributed by atoms with Gasteiger partial charge in [-0.3, -0.25) is 25.0 Å². The molecule has 0 radical (unpaired) electrons. The van der Waals surface area contributed by atoms with Gasteiger partial charge < -0.3 is 4.74 Å². The maximum atomic E-state index is 10.7. The lowest BCUT2D eigenvalue weighted by Crippen LogP contribution is -1.95. The van der Waals surface area contributed by atoms with Crippen molar-refractivity contribution in [2.75, 3.05) is 0 Å². The Labute approximate surface area is 101 Å². The monoisotopic (exact) mass is 252 g/mol. The van der Waals surface area contributed by atoms with Gasteiger partial charge in [-0.2, -0.15) is 0 Å². The molecule has 8 nitrogen and oxygen atoms in total. The third kappa shape index (κ3) is 3.37. The molecule has 1 aromatic carbocycles. The van der Waals surface area contributed by atoms with E-state index >= 15 is 0 Å². The predicted octanol–water partition coefficient (Wildman–Crippen LogP) is 2.04. The SMILES string of the molecule is CC(=O)OC=Cc1ccc([N+](=O)[O-])cc1[N+](=O)[O-]. The van der Waals surface area contributed by atoms with Gasteiger partial charge in [-0.1, -0.05) is 0 Å². The summed E-state index contributed by atoms with van der Waals surface area (Å²) in [5, 5.41) is 21.2. The molecular formula is C10H8N2O6. The van der Waals surface area contributed by atoms with E-state index in [1.165, 1.54) is 19.1 Å². The van der Waals surface area contributed by atoms with Crippen LogP contribution in [0.4, 0.5) is 11.4 Å². The number of rotatable bonds is 4. The number of carbonyl (C=O) groups excluding carboxylic acids is 1. The summed E-state index contributed by atoms with van der Waals surface area (Å²) < 4.78 is 4.48. The quantitative estimate of drug-likeness (QED) is 0.350. The van der Waals surface area contributed by atoms with E-state index in [1.54, 1.807) is 0 Å². The summed E-state index contributed by atoms with van der Waals surface area (Å²) >= 11 is 0. The van der Waals surface area contributed by atoms with E-state index in [4.69, 9.17) is 0 Å². The van der Waals surface area contributed by atoms with Gasteiger partial charge in [0.1, 0.15) is 0 Å². The van der Waals surface area contributed by atoms with E-state index < -0.39 is 21.5 Å². The molecule has 0 saturated carbocycles. The molecule has 0 aromatic heterocycles. The van der Waals surface area contributed by atoms with E-state index in [-0.39, 0.29) is 11.3 Å². The molecule has 0 aliphatic heterocycles. The summed E-state index contributed by atoms with van der Waals surface area (Å²) in [6.07, 6.45) is 2.17. The fourth-order valence-electron chi connectivity index (χ4n) is 1.15. The minimum Gasteiger partial charge on any atom is -0.435 e. The number of hydrogen-bond acceptors (Lipinski definition) is 6. The average Bonchev–Trinajstić information content (AvgIpc) is 2.28. The Morgan fingerprint density at radius 3 is 2.44 bits per heavy atom. The van der Waals surface area contributed by atoms with Crippen LogP contribution in [0, 0.1) is 20.2 Å². The normalized spacial score (nSPS) is 10.3. The number of nitro groups is 2. The zero-order valence-electron chi connectivity index (χ0n) is 9.23. The van der Waals surface area contributed by atoms with Crippen molar-refractivity contribution >= 4 is 23.4 Å². The Hall–Kier alpha value is -2.77. The van der Waals surface area contributed by atoms with Crippen molar-refractivity contribution in [2.24, 2.45) is 0 Å². The molecule has 0 aliphatic rings. The Bertz CT molecular complexity index is 537. The van der Waals surface area contributed by atoms with Crippen LogP contribution in [0.3, 0.4) is 0 Å². The fourth-order valence-corrected chi connectivity index (χ4v) is 1.15. The van der Waals surface area contributed by atoms with Crippen molar-refractivity contribution in [1.29, 1.82) is 0 Å². The van der Waals surface area contributed by atoms with Crippen LogP contribution in [-0.4, -0.2) is 15.8 Å². The standard InChI is InChI=1S/C10H8N2O6/c1-7(13)18-5-4-8-2-3-9(11(14)15)6-10(8)12(16)17/h2-6H,1H3. The lowest BCUT2D eigenvalue weighted by atomic mass is 10.1. The lowest BCUT2D eigenvalue weighted by Gasteiger charge is -1.98. The highest BCUT2D eigenvalue weighted by atomic mass is 16.6. The maximum absolute atomic E-state index is 10.7. The van der Waals surface area contributed by atoms with Gasteiger partial charge in [-0.15, -0.1) is 0 Å². The predicted molar refractivity (Wildman–Crippen MR) is 60.6 cm³/mol. The summed E-state index contributed by atoms with van der Waals surface area (Å²) in [5.74, 6) is -0.573. The number of nitrogens with zero attached hydrogens (tertiary/aromatic N) is 2. The van der Waals surface area contributed by atoms with Gasteiger partial charge in [-0.25, -0.2) is 0 Å². The van der Waals surface area contributed by atoms with Gasteiger partial charge >= 0.3 is 5.97 Å². The smallest absolute Gasteiger partial charge is 0.307 e. The van der Waals surface area contributed by atoms with Crippen LogP contribution in [0.15, 0.2) is 24.5 Å². The summed E-state index contributed by atoms with van der Waals surface area (Å²) in [6, 6.07) is 3.17. The molecule has 0 spiro atoms. The topological polar surface area (TPSA) is 113 Å². The summed E-state index contributed by atoms with van der Waals surface area (Å²) in [7, 11) is 0. The van der Waals surface area contributed by atoms with Crippen LogP contribution in [0.25, 0.3) is 6.08 Å². The number of hydrogen-bond donors (Lipinski definition) is 0. The molecule has 0 aliphatic carbocycles. The second-order valence-corrected chi connectivity index (χ2v) is 3.17. The second-order valence-electron chi connectivity index (χ2n) is 3.17. The molecule has 0 atom stereocenters. The first-order valence-electron chi connectivity index (χ1n) is 4.68. The fraction of sp³-hybridized carbons (Fsp3) is 0.100. The van der Waals surface area contributed by atoms with E-state index in [2.05, 4.69) is 4.74 Å². The van der Waals surface area contributed by atoms with Gasteiger partial charge in [0.25, 0.3) is 11.4 Å². The minimum atomic E-state index is -0.750. The van der Waals surface area contributed by atoms with Gasteiger partial charge in [0.05, 0.1) is 27.7 Å². The van der Waals surface area contributed by atoms with Crippen molar-refractivity contribution in [3.63, 3.8) is 0 Å². The lowest BCUT2D eigenvalue weighted by molar-refractivity contribution is -0.394. The van der Waals surface area contributed by atoms with Gasteiger partial charge in [-0.05, 0) is 12.1 Å². The molecule has 8 heteroatoms. The molecule has 0 bridgehead atoms. The zero-order chi connectivity index (χ0) is 13.7. The van der Waals surface area contributed by atoms with Crippen molar-refractivity contribution in [2.45, 2.75) is 6.92 Å². The molecule has 0 saturated heterocycles. The van der Waals surface area contributed by atoms with Crippen LogP contribution in [0.5, 0.6) is 0 Å². The number of esters is 1. The Morgan fingerprint density at radius 1 is 1.28 bits per heavy atom. The number of benzene rings is 1. The van der Waals surface area contributed by atoms with Crippen molar-refractivity contribution in [3.05, 3.63) is 50.3 Å². The average molecular weight is 252 g/mol.